The molecule has 0 aromatic carbocycles. The monoisotopic (exact) mass is 317 g/mol. The topological polar surface area (TPSA) is 102 Å². The van der Waals surface area contributed by atoms with Crippen molar-refractivity contribution < 1.29 is 14.3 Å². The molecule has 0 aliphatic heterocycles. The zero-order chi connectivity index (χ0) is 17.0. The van der Waals surface area contributed by atoms with Crippen LogP contribution in [0.1, 0.15) is 21.9 Å². The first-order valence-electron chi connectivity index (χ1n) is 7.02. The third kappa shape index (κ3) is 3.65. The quantitative estimate of drug-likeness (QED) is 0.630. The van der Waals surface area contributed by atoms with Crippen molar-refractivity contribution in [3.8, 4) is 11.3 Å². The van der Waals surface area contributed by atoms with Crippen molar-refractivity contribution in [1.82, 2.24) is 25.3 Å². The van der Waals surface area contributed by atoms with Crippen LogP contribution in [0.25, 0.3) is 11.3 Å². The van der Waals surface area contributed by atoms with Gasteiger partial charge < -0.3 is 10.1 Å². The summed E-state index contributed by atoms with van der Waals surface area (Å²) in [5, 5.41) is 13.9. The molecule has 0 unspecified atom stereocenters. The Bertz CT molecular complexity index is 757. The molecule has 0 atom stereocenters. The lowest BCUT2D eigenvalue weighted by Crippen LogP contribution is -2.23. The molecule has 0 aliphatic carbocycles. The molecule has 2 heterocycles. The molecule has 1 amide bonds. The van der Waals surface area contributed by atoms with Gasteiger partial charge in [-0.15, -0.1) is 0 Å². The Balaban J connectivity index is 2.06. The average Bonchev–Trinajstić information content (AvgIpc) is 3.08. The molecule has 0 radical (unpaired) electrons. The van der Waals surface area contributed by atoms with Crippen molar-refractivity contribution in [3.63, 3.8) is 0 Å². The Morgan fingerprint density at radius 1 is 1.43 bits per heavy atom. The number of aryl methyl sites for hydroxylation is 2. The average molecular weight is 317 g/mol. The first-order valence-corrected chi connectivity index (χ1v) is 7.02. The third-order valence-corrected chi connectivity index (χ3v) is 3.42. The SMILES string of the molecule is COC(=O)/C=C/CNC(=O)c1cc(-c2c(C)nn(C)c2C)n[nH]1. The molecule has 0 aliphatic rings. The number of amides is 1. The number of H-pyrrole nitrogens is 1. The van der Waals surface area contributed by atoms with E-state index in [0.29, 0.717) is 11.4 Å². The van der Waals surface area contributed by atoms with E-state index in [9.17, 15) is 9.59 Å². The van der Waals surface area contributed by atoms with E-state index in [2.05, 4.69) is 25.3 Å². The van der Waals surface area contributed by atoms with Gasteiger partial charge in [-0.1, -0.05) is 6.08 Å². The van der Waals surface area contributed by atoms with E-state index in [0.717, 1.165) is 17.0 Å². The van der Waals surface area contributed by atoms with Crippen molar-refractivity contribution in [2.24, 2.45) is 7.05 Å². The van der Waals surface area contributed by atoms with Crippen LogP contribution in [0.3, 0.4) is 0 Å². The Morgan fingerprint density at radius 2 is 2.17 bits per heavy atom. The lowest BCUT2D eigenvalue weighted by molar-refractivity contribution is -0.134. The van der Waals surface area contributed by atoms with Gasteiger partial charge in [0.1, 0.15) is 5.69 Å². The van der Waals surface area contributed by atoms with Crippen LogP contribution in [0.4, 0.5) is 0 Å². The highest BCUT2D eigenvalue weighted by Crippen LogP contribution is 2.24. The first kappa shape index (κ1) is 16.5. The maximum absolute atomic E-state index is 12.0. The Labute approximate surface area is 133 Å². The molecule has 2 N–H and O–H groups in total. The van der Waals surface area contributed by atoms with Crippen LogP contribution in [0, 0.1) is 13.8 Å². The summed E-state index contributed by atoms with van der Waals surface area (Å²) in [6.45, 7) is 4.06. The molecule has 0 fully saturated rings. The summed E-state index contributed by atoms with van der Waals surface area (Å²) < 4.78 is 6.23. The largest absolute Gasteiger partial charge is 0.466 e. The second-order valence-electron chi connectivity index (χ2n) is 4.97. The highest BCUT2D eigenvalue weighted by molar-refractivity contribution is 5.93. The smallest absolute Gasteiger partial charge is 0.330 e. The van der Waals surface area contributed by atoms with Crippen molar-refractivity contribution >= 4 is 11.9 Å². The molecule has 8 heteroatoms. The van der Waals surface area contributed by atoms with Gasteiger partial charge in [0, 0.05) is 30.9 Å². The van der Waals surface area contributed by atoms with Crippen LogP contribution in [0.5, 0.6) is 0 Å². The van der Waals surface area contributed by atoms with Crippen LogP contribution in [0.2, 0.25) is 0 Å². The van der Waals surface area contributed by atoms with E-state index in [1.165, 1.54) is 19.3 Å². The second kappa shape index (κ2) is 6.91. The molecule has 8 nitrogen and oxygen atoms in total. The summed E-state index contributed by atoms with van der Waals surface area (Å²) in [6.07, 6.45) is 2.76. The van der Waals surface area contributed by atoms with Gasteiger partial charge >= 0.3 is 5.97 Å². The van der Waals surface area contributed by atoms with Gasteiger partial charge in [0.25, 0.3) is 5.91 Å². The number of nitrogens with zero attached hydrogens (tertiary/aromatic N) is 3. The zero-order valence-corrected chi connectivity index (χ0v) is 13.5. The Morgan fingerprint density at radius 3 is 2.78 bits per heavy atom. The molecule has 0 bridgehead atoms. The highest BCUT2D eigenvalue weighted by Gasteiger charge is 2.16. The summed E-state index contributed by atoms with van der Waals surface area (Å²) in [7, 11) is 3.15. The number of aromatic nitrogens is 4. The molecule has 2 aromatic heterocycles. The molecular weight excluding hydrogens is 298 g/mol. The maximum atomic E-state index is 12.0. The van der Waals surface area contributed by atoms with Crippen LogP contribution in [-0.4, -0.2) is 45.5 Å². The summed E-state index contributed by atoms with van der Waals surface area (Å²) in [6, 6.07) is 1.68. The van der Waals surface area contributed by atoms with E-state index in [4.69, 9.17) is 0 Å². The lowest BCUT2D eigenvalue weighted by atomic mass is 10.1. The van der Waals surface area contributed by atoms with E-state index in [1.54, 1.807) is 10.7 Å². The van der Waals surface area contributed by atoms with Crippen molar-refractivity contribution in [2.75, 3.05) is 13.7 Å². The number of carbonyl (C=O) groups excluding carboxylic acids is 2. The molecule has 122 valence electrons. The minimum absolute atomic E-state index is 0.216. The fourth-order valence-electron chi connectivity index (χ4n) is 2.18. The standard InChI is InChI=1S/C15H19N5O3/c1-9-14(10(2)20(3)19-9)11-8-12(18-17-11)15(22)16-7-5-6-13(21)23-4/h5-6,8H,7H2,1-4H3,(H,16,22)(H,17,18)/b6-5+. The van der Waals surface area contributed by atoms with Crippen LogP contribution >= 0.6 is 0 Å². The minimum atomic E-state index is -0.467. The van der Waals surface area contributed by atoms with Crippen LogP contribution in [-0.2, 0) is 16.6 Å². The molecule has 0 saturated heterocycles. The van der Waals surface area contributed by atoms with Gasteiger partial charge in [-0.05, 0) is 19.9 Å². The number of ether oxygens (including phenoxy) is 1. The summed E-state index contributed by atoms with van der Waals surface area (Å²) in [4.78, 5) is 22.9. The summed E-state index contributed by atoms with van der Waals surface area (Å²) in [5.74, 6) is -0.775. The number of esters is 1. The first-order chi connectivity index (χ1) is 10.9. The van der Waals surface area contributed by atoms with Crippen molar-refractivity contribution in [2.45, 2.75) is 13.8 Å². The molecule has 2 rings (SSSR count). The Hall–Kier alpha value is -2.90. The van der Waals surface area contributed by atoms with E-state index in [1.807, 2.05) is 20.9 Å². The van der Waals surface area contributed by atoms with Crippen molar-refractivity contribution in [1.29, 1.82) is 0 Å². The van der Waals surface area contributed by atoms with Gasteiger partial charge in [-0.2, -0.15) is 10.2 Å². The number of carbonyl (C=O) groups is 2. The summed E-state index contributed by atoms with van der Waals surface area (Å²) in [5.41, 5.74) is 3.75. The van der Waals surface area contributed by atoms with Gasteiger partial charge in [0.2, 0.25) is 0 Å². The molecule has 0 spiro atoms. The fourth-order valence-corrected chi connectivity index (χ4v) is 2.18. The van der Waals surface area contributed by atoms with Crippen LogP contribution < -0.4 is 5.32 Å². The molecule has 0 saturated carbocycles. The number of hydrogen-bond acceptors (Lipinski definition) is 5. The predicted molar refractivity (Wildman–Crippen MR) is 83.8 cm³/mol. The molecule has 2 aromatic rings. The molecular formula is C15H19N5O3. The van der Waals surface area contributed by atoms with Gasteiger partial charge in [-0.3, -0.25) is 14.6 Å². The second-order valence-corrected chi connectivity index (χ2v) is 4.97. The van der Waals surface area contributed by atoms with Gasteiger partial charge in [0.05, 0.1) is 18.5 Å². The number of nitrogens with one attached hydrogen (secondary N) is 2. The highest BCUT2D eigenvalue weighted by atomic mass is 16.5. The summed E-state index contributed by atoms with van der Waals surface area (Å²) >= 11 is 0. The fraction of sp³-hybridized carbons (Fsp3) is 0.333. The van der Waals surface area contributed by atoms with Crippen LogP contribution in [0.15, 0.2) is 18.2 Å². The number of rotatable bonds is 5. The van der Waals surface area contributed by atoms with Gasteiger partial charge in [-0.25, -0.2) is 4.79 Å². The molecule has 23 heavy (non-hydrogen) atoms. The lowest BCUT2D eigenvalue weighted by Gasteiger charge is -1.98. The van der Waals surface area contributed by atoms with Crippen molar-refractivity contribution in [3.05, 3.63) is 35.3 Å². The predicted octanol–water partition coefficient (Wildman–Crippen LogP) is 0.886. The maximum Gasteiger partial charge on any atom is 0.330 e. The Kier molecular flexibility index (Phi) is 4.95. The number of methoxy groups -OCH3 is 1. The van der Waals surface area contributed by atoms with Gasteiger partial charge in [0.15, 0.2) is 0 Å². The zero-order valence-electron chi connectivity index (χ0n) is 13.5. The van der Waals surface area contributed by atoms with E-state index in [-0.39, 0.29) is 12.5 Å². The number of aromatic amines is 1. The normalized spacial score (nSPS) is 11.0. The minimum Gasteiger partial charge on any atom is -0.466 e. The number of hydrogen-bond donors (Lipinski definition) is 2. The van der Waals surface area contributed by atoms with E-state index >= 15 is 0 Å². The van der Waals surface area contributed by atoms with E-state index < -0.39 is 5.97 Å². The third-order valence-electron chi connectivity index (χ3n) is 3.42.